The van der Waals surface area contributed by atoms with E-state index in [9.17, 15) is 0 Å². The molecule has 30 heavy (non-hydrogen) atoms. The zero-order valence-electron chi connectivity index (χ0n) is 18.8. The zero-order chi connectivity index (χ0) is 21.3. The molecule has 1 saturated heterocycles. The molecular formula is C25H36N4O. The van der Waals surface area contributed by atoms with E-state index < -0.39 is 0 Å². The number of guanidine groups is 1. The van der Waals surface area contributed by atoms with Crippen molar-refractivity contribution in [1.82, 2.24) is 15.1 Å². The number of rotatable bonds is 8. The van der Waals surface area contributed by atoms with Gasteiger partial charge in [-0.05, 0) is 38.6 Å². The predicted octanol–water partition coefficient (Wildman–Crippen LogP) is 3.71. The molecule has 1 heterocycles. The van der Waals surface area contributed by atoms with Gasteiger partial charge in [0, 0.05) is 32.6 Å². The van der Waals surface area contributed by atoms with Gasteiger partial charge in [0.2, 0.25) is 0 Å². The van der Waals surface area contributed by atoms with Crippen molar-refractivity contribution < 1.29 is 4.74 Å². The summed E-state index contributed by atoms with van der Waals surface area (Å²) in [6.07, 6.45) is 1.14. The van der Waals surface area contributed by atoms with Crippen LogP contribution in [0, 0.1) is 12.8 Å². The van der Waals surface area contributed by atoms with Gasteiger partial charge >= 0.3 is 0 Å². The largest absolute Gasteiger partial charge is 0.376 e. The van der Waals surface area contributed by atoms with Gasteiger partial charge in [-0.2, -0.15) is 0 Å². The monoisotopic (exact) mass is 408 g/mol. The molecule has 0 saturated carbocycles. The number of nitrogens with zero attached hydrogens (tertiary/aromatic N) is 3. The van der Waals surface area contributed by atoms with Gasteiger partial charge in [0.15, 0.2) is 5.96 Å². The van der Waals surface area contributed by atoms with Crippen molar-refractivity contribution >= 4 is 5.96 Å². The second-order valence-electron chi connectivity index (χ2n) is 8.42. The van der Waals surface area contributed by atoms with Crippen LogP contribution in [0.4, 0.5) is 0 Å². The maximum Gasteiger partial charge on any atom is 0.193 e. The van der Waals surface area contributed by atoms with Crippen LogP contribution in [0.25, 0.3) is 0 Å². The van der Waals surface area contributed by atoms with Crippen molar-refractivity contribution in [2.45, 2.75) is 26.0 Å². The maximum atomic E-state index is 5.97. The van der Waals surface area contributed by atoms with Crippen molar-refractivity contribution in [3.05, 3.63) is 71.3 Å². The lowest BCUT2D eigenvalue weighted by Gasteiger charge is -2.28. The minimum absolute atomic E-state index is 0.301. The highest BCUT2D eigenvalue weighted by Crippen LogP contribution is 2.20. The average Bonchev–Trinajstić information content (AvgIpc) is 3.21. The third kappa shape index (κ3) is 6.31. The third-order valence-corrected chi connectivity index (χ3v) is 5.80. The maximum absolute atomic E-state index is 5.97. The summed E-state index contributed by atoms with van der Waals surface area (Å²) in [4.78, 5) is 9.16. The molecule has 0 spiro atoms. The Hall–Kier alpha value is -2.37. The van der Waals surface area contributed by atoms with Gasteiger partial charge in [0.1, 0.15) is 0 Å². The highest BCUT2D eigenvalue weighted by atomic mass is 16.5. The number of aliphatic imine (C=N–C) groups is 1. The van der Waals surface area contributed by atoms with Crippen LogP contribution in [0.15, 0.2) is 59.6 Å². The van der Waals surface area contributed by atoms with E-state index >= 15 is 0 Å². The topological polar surface area (TPSA) is 40.1 Å². The summed E-state index contributed by atoms with van der Waals surface area (Å²) in [5, 5.41) is 3.60. The summed E-state index contributed by atoms with van der Waals surface area (Å²) in [5.41, 5.74) is 3.84. The first kappa shape index (κ1) is 22.3. The van der Waals surface area contributed by atoms with E-state index in [2.05, 4.69) is 89.7 Å². The van der Waals surface area contributed by atoms with Crippen molar-refractivity contribution in [3.63, 3.8) is 0 Å². The Bertz CT molecular complexity index is 789. The van der Waals surface area contributed by atoms with Gasteiger partial charge in [0.25, 0.3) is 0 Å². The second kappa shape index (κ2) is 11.1. The molecule has 1 N–H and O–H groups in total. The van der Waals surface area contributed by atoms with Crippen LogP contribution in [0.5, 0.6) is 0 Å². The Morgan fingerprint density at radius 1 is 1.17 bits per heavy atom. The fourth-order valence-corrected chi connectivity index (χ4v) is 3.99. The summed E-state index contributed by atoms with van der Waals surface area (Å²) >= 11 is 0. The fourth-order valence-electron chi connectivity index (χ4n) is 3.99. The lowest BCUT2D eigenvalue weighted by Crippen LogP contribution is -2.43. The van der Waals surface area contributed by atoms with E-state index in [0.717, 1.165) is 38.6 Å². The van der Waals surface area contributed by atoms with Crippen LogP contribution in [-0.2, 0) is 11.3 Å². The molecule has 0 aromatic heterocycles. The molecule has 1 aliphatic heterocycles. The Kier molecular flexibility index (Phi) is 8.29. The van der Waals surface area contributed by atoms with Gasteiger partial charge in [-0.3, -0.25) is 4.99 Å². The van der Waals surface area contributed by atoms with E-state index in [4.69, 9.17) is 4.74 Å². The third-order valence-electron chi connectivity index (χ3n) is 5.80. The number of benzene rings is 2. The van der Waals surface area contributed by atoms with Crippen LogP contribution < -0.4 is 5.32 Å². The Morgan fingerprint density at radius 2 is 1.90 bits per heavy atom. The summed E-state index contributed by atoms with van der Waals surface area (Å²) < 4.78 is 5.97. The van der Waals surface area contributed by atoms with Crippen molar-refractivity contribution in [3.8, 4) is 0 Å². The first-order valence-corrected chi connectivity index (χ1v) is 10.9. The second-order valence-corrected chi connectivity index (χ2v) is 8.42. The average molecular weight is 409 g/mol. The molecular weight excluding hydrogens is 372 g/mol. The molecule has 0 bridgehead atoms. The van der Waals surface area contributed by atoms with Crippen LogP contribution >= 0.6 is 0 Å². The summed E-state index contributed by atoms with van der Waals surface area (Å²) in [7, 11) is 6.13. The highest BCUT2D eigenvalue weighted by Gasteiger charge is 2.25. The normalized spacial score (nSPS) is 18.1. The number of ether oxygens (including phenoxy) is 1. The number of nitrogens with one attached hydrogen (secondary N) is 1. The molecule has 1 fully saturated rings. The molecule has 5 heteroatoms. The van der Waals surface area contributed by atoms with Crippen molar-refractivity contribution in [2.75, 3.05) is 47.4 Å². The van der Waals surface area contributed by atoms with Gasteiger partial charge < -0.3 is 19.9 Å². The fraction of sp³-hybridized carbons (Fsp3) is 0.480. The Labute approximate surface area is 181 Å². The Balaban J connectivity index is 1.48. The smallest absolute Gasteiger partial charge is 0.193 e. The Morgan fingerprint density at radius 3 is 2.57 bits per heavy atom. The molecule has 2 aromatic rings. The first-order chi connectivity index (χ1) is 14.6. The molecule has 5 nitrogen and oxygen atoms in total. The lowest BCUT2D eigenvalue weighted by atomic mass is 10.0. The predicted molar refractivity (Wildman–Crippen MR) is 125 cm³/mol. The standard InChI is InChI=1S/C25H36N4O/c1-20-10-12-23(13-11-20)24(28(3)4)16-27-25(26-2)29-15-14-22(17-29)19-30-18-21-8-6-5-7-9-21/h5-13,22,24H,14-19H2,1-4H3,(H,26,27). The van der Waals surface area contributed by atoms with Crippen LogP contribution in [0.1, 0.15) is 29.2 Å². The highest BCUT2D eigenvalue weighted by molar-refractivity contribution is 5.80. The van der Waals surface area contributed by atoms with Gasteiger partial charge in [-0.25, -0.2) is 0 Å². The first-order valence-electron chi connectivity index (χ1n) is 10.9. The number of hydrogen-bond donors (Lipinski definition) is 1. The minimum atomic E-state index is 0.301. The summed E-state index contributed by atoms with van der Waals surface area (Å²) in [6, 6.07) is 19.5. The number of likely N-dealkylation sites (tertiary alicyclic amines) is 1. The van der Waals surface area contributed by atoms with Crippen LogP contribution in [-0.4, -0.2) is 63.1 Å². The molecule has 162 valence electrons. The van der Waals surface area contributed by atoms with Gasteiger partial charge in [-0.1, -0.05) is 60.2 Å². The van der Waals surface area contributed by atoms with Gasteiger partial charge in [0.05, 0.1) is 19.3 Å². The SMILES string of the molecule is CN=C(NCC(c1ccc(C)cc1)N(C)C)N1CCC(COCc2ccccc2)C1. The molecule has 3 rings (SSSR count). The van der Waals surface area contributed by atoms with E-state index in [1.165, 1.54) is 16.7 Å². The molecule has 2 atom stereocenters. The molecule has 2 aromatic carbocycles. The molecule has 1 aliphatic rings. The number of aryl methyl sites for hydroxylation is 1. The van der Waals surface area contributed by atoms with E-state index in [1.807, 2.05) is 13.1 Å². The zero-order valence-corrected chi connectivity index (χ0v) is 18.8. The minimum Gasteiger partial charge on any atom is -0.376 e. The number of hydrogen-bond acceptors (Lipinski definition) is 3. The van der Waals surface area contributed by atoms with E-state index in [0.29, 0.717) is 18.6 Å². The van der Waals surface area contributed by atoms with E-state index in [1.54, 1.807) is 0 Å². The van der Waals surface area contributed by atoms with Crippen LogP contribution in [0.2, 0.25) is 0 Å². The lowest BCUT2D eigenvalue weighted by molar-refractivity contribution is 0.0906. The quantitative estimate of drug-likeness (QED) is 0.534. The number of likely N-dealkylation sites (N-methyl/N-ethyl adjacent to an activating group) is 1. The summed E-state index contributed by atoms with van der Waals surface area (Å²) in [6.45, 7) is 6.45. The molecule has 2 unspecified atom stereocenters. The van der Waals surface area contributed by atoms with Crippen molar-refractivity contribution in [1.29, 1.82) is 0 Å². The van der Waals surface area contributed by atoms with Crippen molar-refractivity contribution in [2.24, 2.45) is 10.9 Å². The van der Waals surface area contributed by atoms with Gasteiger partial charge in [-0.15, -0.1) is 0 Å². The molecule has 0 aliphatic carbocycles. The van der Waals surface area contributed by atoms with Crippen LogP contribution in [0.3, 0.4) is 0 Å². The molecule has 0 radical (unpaired) electrons. The van der Waals surface area contributed by atoms with E-state index in [-0.39, 0.29) is 0 Å². The molecule has 0 amide bonds. The summed E-state index contributed by atoms with van der Waals surface area (Å²) in [5.74, 6) is 1.54.